The summed E-state index contributed by atoms with van der Waals surface area (Å²) in [6.45, 7) is 5.91. The number of halogens is 1. The molecule has 0 aromatic heterocycles. The van der Waals surface area contributed by atoms with Crippen LogP contribution in [0.25, 0.3) is 0 Å². The summed E-state index contributed by atoms with van der Waals surface area (Å²) in [5.74, 6) is 1.88. The number of hydrogen-bond donors (Lipinski definition) is 0. The van der Waals surface area contributed by atoms with E-state index in [0.29, 0.717) is 0 Å². The molecular formula is C14H20INO. The van der Waals surface area contributed by atoms with Crippen LogP contribution < -0.4 is 4.74 Å². The molecule has 1 saturated heterocycles. The van der Waals surface area contributed by atoms with Crippen LogP contribution in [0.1, 0.15) is 25.3 Å². The van der Waals surface area contributed by atoms with Crippen LogP contribution in [-0.2, 0) is 6.54 Å². The van der Waals surface area contributed by atoms with Crippen LogP contribution in [0.2, 0.25) is 0 Å². The SMILES string of the molecule is COc1ccc(CN2CCC(C)CC2)cc1I. The lowest BCUT2D eigenvalue weighted by molar-refractivity contribution is 0.185. The van der Waals surface area contributed by atoms with E-state index in [9.17, 15) is 0 Å². The van der Waals surface area contributed by atoms with E-state index in [0.717, 1.165) is 18.2 Å². The third-order valence-electron chi connectivity index (χ3n) is 3.50. The Morgan fingerprint density at radius 3 is 2.65 bits per heavy atom. The Balaban J connectivity index is 1.97. The average Bonchev–Trinajstić information content (AvgIpc) is 2.32. The number of hydrogen-bond acceptors (Lipinski definition) is 2. The summed E-state index contributed by atoms with van der Waals surface area (Å²) in [4.78, 5) is 2.55. The molecule has 0 amide bonds. The van der Waals surface area contributed by atoms with E-state index in [-0.39, 0.29) is 0 Å². The molecule has 0 bridgehead atoms. The fraction of sp³-hybridized carbons (Fsp3) is 0.571. The summed E-state index contributed by atoms with van der Waals surface area (Å²) >= 11 is 2.34. The van der Waals surface area contributed by atoms with Crippen molar-refractivity contribution in [2.24, 2.45) is 5.92 Å². The van der Waals surface area contributed by atoms with Crippen LogP contribution in [0.15, 0.2) is 18.2 Å². The van der Waals surface area contributed by atoms with Crippen molar-refractivity contribution in [3.8, 4) is 5.75 Å². The molecule has 0 spiro atoms. The topological polar surface area (TPSA) is 12.5 Å². The van der Waals surface area contributed by atoms with E-state index in [1.54, 1.807) is 7.11 Å². The standard InChI is InChI=1S/C14H20INO/c1-11-5-7-16(8-6-11)10-12-3-4-14(17-2)13(15)9-12/h3-4,9,11H,5-8,10H2,1-2H3. The van der Waals surface area contributed by atoms with E-state index >= 15 is 0 Å². The Bertz CT molecular complexity index is 372. The monoisotopic (exact) mass is 345 g/mol. The van der Waals surface area contributed by atoms with Crippen molar-refractivity contribution in [3.05, 3.63) is 27.3 Å². The van der Waals surface area contributed by atoms with Crippen molar-refractivity contribution in [2.75, 3.05) is 20.2 Å². The summed E-state index contributed by atoms with van der Waals surface area (Å²) in [6, 6.07) is 6.49. The van der Waals surface area contributed by atoms with Gasteiger partial charge >= 0.3 is 0 Å². The van der Waals surface area contributed by atoms with E-state index < -0.39 is 0 Å². The minimum Gasteiger partial charge on any atom is -0.496 e. The maximum atomic E-state index is 5.28. The highest BCUT2D eigenvalue weighted by molar-refractivity contribution is 14.1. The van der Waals surface area contributed by atoms with Gasteiger partial charge in [-0.25, -0.2) is 0 Å². The zero-order valence-corrected chi connectivity index (χ0v) is 12.7. The van der Waals surface area contributed by atoms with Gasteiger partial charge in [-0.3, -0.25) is 4.90 Å². The number of benzene rings is 1. The van der Waals surface area contributed by atoms with Crippen LogP contribution in [0.5, 0.6) is 5.75 Å². The van der Waals surface area contributed by atoms with Gasteiger partial charge in [0.25, 0.3) is 0 Å². The van der Waals surface area contributed by atoms with Gasteiger partial charge in [0.05, 0.1) is 10.7 Å². The molecule has 0 atom stereocenters. The van der Waals surface area contributed by atoms with Crippen LogP contribution >= 0.6 is 22.6 Å². The molecular weight excluding hydrogens is 325 g/mol. The lowest BCUT2D eigenvalue weighted by atomic mass is 9.99. The molecule has 1 aromatic carbocycles. The molecule has 17 heavy (non-hydrogen) atoms. The van der Waals surface area contributed by atoms with Gasteiger partial charge in [0.1, 0.15) is 5.75 Å². The van der Waals surface area contributed by atoms with Gasteiger partial charge in [-0.05, 0) is 72.1 Å². The smallest absolute Gasteiger partial charge is 0.132 e. The normalized spacial score (nSPS) is 18.3. The molecule has 1 aliphatic heterocycles. The fourth-order valence-corrected chi connectivity index (χ4v) is 3.09. The first-order valence-electron chi connectivity index (χ1n) is 6.24. The molecule has 0 aliphatic carbocycles. The van der Waals surface area contributed by atoms with E-state index in [2.05, 4.69) is 52.6 Å². The summed E-state index contributed by atoms with van der Waals surface area (Å²) < 4.78 is 6.48. The molecule has 2 rings (SSSR count). The molecule has 1 heterocycles. The van der Waals surface area contributed by atoms with Crippen LogP contribution in [0.4, 0.5) is 0 Å². The van der Waals surface area contributed by atoms with E-state index in [4.69, 9.17) is 4.74 Å². The molecule has 94 valence electrons. The first-order chi connectivity index (χ1) is 8.19. The summed E-state index contributed by atoms with van der Waals surface area (Å²) in [6.07, 6.45) is 2.68. The highest BCUT2D eigenvalue weighted by Gasteiger charge is 2.15. The van der Waals surface area contributed by atoms with E-state index in [1.165, 1.54) is 35.1 Å². The van der Waals surface area contributed by atoms with Crippen molar-refractivity contribution < 1.29 is 4.74 Å². The molecule has 0 unspecified atom stereocenters. The predicted octanol–water partition coefficient (Wildman–Crippen LogP) is 3.53. The van der Waals surface area contributed by atoms with Gasteiger partial charge in [-0.1, -0.05) is 13.0 Å². The summed E-state index contributed by atoms with van der Waals surface area (Å²) in [5.41, 5.74) is 1.39. The second-order valence-corrected chi connectivity index (χ2v) is 6.09. The molecule has 0 saturated carbocycles. The summed E-state index contributed by atoms with van der Waals surface area (Å²) in [7, 11) is 1.73. The number of piperidine rings is 1. The van der Waals surface area contributed by atoms with Crippen molar-refractivity contribution in [1.82, 2.24) is 4.90 Å². The Morgan fingerprint density at radius 1 is 1.35 bits per heavy atom. The lowest BCUT2D eigenvalue weighted by Crippen LogP contribution is -2.32. The molecule has 1 aliphatic rings. The van der Waals surface area contributed by atoms with Gasteiger partial charge in [0.2, 0.25) is 0 Å². The van der Waals surface area contributed by atoms with Gasteiger partial charge in [-0.15, -0.1) is 0 Å². The third-order valence-corrected chi connectivity index (χ3v) is 4.34. The van der Waals surface area contributed by atoms with Crippen molar-refractivity contribution in [3.63, 3.8) is 0 Å². The highest BCUT2D eigenvalue weighted by Crippen LogP contribution is 2.23. The quantitative estimate of drug-likeness (QED) is 0.777. The van der Waals surface area contributed by atoms with E-state index in [1.807, 2.05) is 0 Å². The molecule has 3 heteroatoms. The molecule has 1 aromatic rings. The number of nitrogens with zero attached hydrogens (tertiary/aromatic N) is 1. The molecule has 1 fully saturated rings. The second-order valence-electron chi connectivity index (χ2n) is 4.93. The Kier molecular flexibility index (Phi) is 4.68. The Labute approximate surface area is 117 Å². The summed E-state index contributed by atoms with van der Waals surface area (Å²) in [5, 5.41) is 0. The Morgan fingerprint density at radius 2 is 2.06 bits per heavy atom. The van der Waals surface area contributed by atoms with Gasteiger partial charge in [0.15, 0.2) is 0 Å². The lowest BCUT2D eigenvalue weighted by Gasteiger charge is -2.30. The first-order valence-corrected chi connectivity index (χ1v) is 7.31. The maximum Gasteiger partial charge on any atom is 0.132 e. The van der Waals surface area contributed by atoms with Crippen molar-refractivity contribution in [1.29, 1.82) is 0 Å². The third kappa shape index (κ3) is 3.58. The zero-order valence-electron chi connectivity index (χ0n) is 10.6. The first kappa shape index (κ1) is 13.1. The highest BCUT2D eigenvalue weighted by atomic mass is 127. The second kappa shape index (κ2) is 6.05. The van der Waals surface area contributed by atoms with Crippen molar-refractivity contribution >= 4 is 22.6 Å². The number of likely N-dealkylation sites (tertiary alicyclic amines) is 1. The number of rotatable bonds is 3. The van der Waals surface area contributed by atoms with Gasteiger partial charge < -0.3 is 4.74 Å². The molecule has 2 nitrogen and oxygen atoms in total. The minimum atomic E-state index is 0.905. The van der Waals surface area contributed by atoms with Crippen molar-refractivity contribution in [2.45, 2.75) is 26.3 Å². The predicted molar refractivity (Wildman–Crippen MR) is 79.4 cm³/mol. The largest absolute Gasteiger partial charge is 0.496 e. The zero-order chi connectivity index (χ0) is 12.3. The molecule has 0 N–H and O–H groups in total. The fourth-order valence-electron chi connectivity index (χ4n) is 2.29. The van der Waals surface area contributed by atoms with Crippen LogP contribution in [0.3, 0.4) is 0 Å². The van der Waals surface area contributed by atoms with Gasteiger partial charge in [-0.2, -0.15) is 0 Å². The van der Waals surface area contributed by atoms with Gasteiger partial charge in [0, 0.05) is 6.54 Å². The number of methoxy groups -OCH3 is 1. The number of ether oxygens (including phenoxy) is 1. The minimum absolute atomic E-state index is 0.905. The Hall–Kier alpha value is -0.290. The maximum absolute atomic E-state index is 5.28. The average molecular weight is 345 g/mol. The molecule has 0 radical (unpaired) electrons. The van der Waals surface area contributed by atoms with Crippen LogP contribution in [-0.4, -0.2) is 25.1 Å². The van der Waals surface area contributed by atoms with Crippen LogP contribution in [0, 0.1) is 9.49 Å².